The fourth-order valence-corrected chi connectivity index (χ4v) is 5.28. The molecule has 2 heterocycles. The van der Waals surface area contributed by atoms with Crippen molar-refractivity contribution in [2.24, 2.45) is 0 Å². The standard InChI is InChI=1S/C22H31N3O4S/c1-15-10-16(2)12-18(11-15)29-8-6-21(26)23-20-13-19(22(3,4)5)24-25(20)17-7-9-30(27,28)14-17/h10-13,17H,6-9,14H2,1-5H3,(H,23,26). The van der Waals surface area contributed by atoms with E-state index in [-0.39, 0.29) is 41.9 Å². The number of hydrogen-bond donors (Lipinski definition) is 1. The van der Waals surface area contributed by atoms with Crippen LogP contribution in [0.4, 0.5) is 5.82 Å². The van der Waals surface area contributed by atoms with E-state index in [9.17, 15) is 13.2 Å². The highest BCUT2D eigenvalue weighted by Gasteiger charge is 2.32. The minimum absolute atomic E-state index is 0.0525. The molecule has 1 fully saturated rings. The highest BCUT2D eigenvalue weighted by molar-refractivity contribution is 7.91. The first-order valence-corrected chi connectivity index (χ1v) is 12.1. The fourth-order valence-electron chi connectivity index (χ4n) is 3.58. The van der Waals surface area contributed by atoms with Gasteiger partial charge < -0.3 is 10.1 Å². The molecule has 1 unspecified atom stereocenters. The van der Waals surface area contributed by atoms with E-state index >= 15 is 0 Å². The summed E-state index contributed by atoms with van der Waals surface area (Å²) >= 11 is 0. The lowest BCUT2D eigenvalue weighted by Gasteiger charge is -2.15. The van der Waals surface area contributed by atoms with Crippen molar-refractivity contribution in [2.75, 3.05) is 23.4 Å². The molecule has 30 heavy (non-hydrogen) atoms. The maximum atomic E-state index is 12.5. The summed E-state index contributed by atoms with van der Waals surface area (Å²) in [6.07, 6.45) is 0.693. The molecule has 1 aliphatic rings. The molecule has 0 bridgehead atoms. The van der Waals surface area contributed by atoms with Gasteiger partial charge in [-0.3, -0.25) is 4.79 Å². The van der Waals surface area contributed by atoms with Crippen molar-refractivity contribution in [3.8, 4) is 5.75 Å². The van der Waals surface area contributed by atoms with Gasteiger partial charge in [-0.25, -0.2) is 13.1 Å². The monoisotopic (exact) mass is 433 g/mol. The lowest BCUT2D eigenvalue weighted by Crippen LogP contribution is -2.21. The Morgan fingerprint density at radius 3 is 2.43 bits per heavy atom. The van der Waals surface area contributed by atoms with Crippen molar-refractivity contribution >= 4 is 21.6 Å². The highest BCUT2D eigenvalue weighted by atomic mass is 32.2. The third kappa shape index (κ3) is 5.62. The number of ether oxygens (including phenoxy) is 1. The van der Waals surface area contributed by atoms with Gasteiger partial charge in [-0.05, 0) is 43.5 Å². The number of carbonyl (C=O) groups excluding carboxylic acids is 1. The Balaban J connectivity index is 1.68. The van der Waals surface area contributed by atoms with Gasteiger partial charge in [0.1, 0.15) is 11.6 Å². The summed E-state index contributed by atoms with van der Waals surface area (Å²) in [5.74, 6) is 1.30. The predicted octanol–water partition coefficient (Wildman–Crippen LogP) is 3.56. The number of benzene rings is 1. The zero-order valence-electron chi connectivity index (χ0n) is 18.4. The van der Waals surface area contributed by atoms with Crippen molar-refractivity contribution in [1.29, 1.82) is 0 Å². The van der Waals surface area contributed by atoms with Crippen LogP contribution in [0.3, 0.4) is 0 Å². The van der Waals surface area contributed by atoms with Crippen LogP contribution in [-0.2, 0) is 20.0 Å². The van der Waals surface area contributed by atoms with Crippen LogP contribution >= 0.6 is 0 Å². The van der Waals surface area contributed by atoms with Gasteiger partial charge in [-0.1, -0.05) is 26.8 Å². The SMILES string of the molecule is Cc1cc(C)cc(OCCC(=O)Nc2cc(C(C)(C)C)nn2C2CCS(=O)(=O)C2)c1. The number of anilines is 1. The molecule has 2 aromatic rings. The Labute approximate surface area is 178 Å². The second kappa shape index (κ2) is 8.41. The maximum Gasteiger partial charge on any atom is 0.228 e. The molecule has 7 nitrogen and oxygen atoms in total. The van der Waals surface area contributed by atoms with Gasteiger partial charge in [0.15, 0.2) is 9.84 Å². The van der Waals surface area contributed by atoms with Crippen LogP contribution in [0, 0.1) is 13.8 Å². The molecular formula is C22H31N3O4S. The van der Waals surface area contributed by atoms with Crippen molar-refractivity contribution < 1.29 is 17.9 Å². The summed E-state index contributed by atoms with van der Waals surface area (Å²) in [5.41, 5.74) is 2.82. The zero-order chi connectivity index (χ0) is 22.1. The average Bonchev–Trinajstić information content (AvgIpc) is 3.16. The molecule has 1 aromatic carbocycles. The van der Waals surface area contributed by atoms with Crippen molar-refractivity contribution in [2.45, 2.75) is 58.9 Å². The molecule has 0 radical (unpaired) electrons. The predicted molar refractivity (Wildman–Crippen MR) is 118 cm³/mol. The summed E-state index contributed by atoms with van der Waals surface area (Å²) in [5, 5.41) is 7.54. The van der Waals surface area contributed by atoms with Gasteiger partial charge in [0.05, 0.1) is 36.3 Å². The largest absolute Gasteiger partial charge is 0.493 e. The molecule has 1 atom stereocenters. The first-order chi connectivity index (χ1) is 13.9. The van der Waals surface area contributed by atoms with Gasteiger partial charge in [0, 0.05) is 11.5 Å². The Hall–Kier alpha value is -2.35. The van der Waals surface area contributed by atoms with Crippen molar-refractivity contribution in [1.82, 2.24) is 9.78 Å². The molecule has 3 rings (SSSR count). The van der Waals surface area contributed by atoms with Gasteiger partial charge in [-0.2, -0.15) is 5.10 Å². The van der Waals surface area contributed by atoms with E-state index in [4.69, 9.17) is 4.74 Å². The first-order valence-electron chi connectivity index (χ1n) is 10.2. The molecule has 0 aliphatic carbocycles. The Kier molecular flexibility index (Phi) is 6.26. The van der Waals surface area contributed by atoms with Crippen molar-refractivity contribution in [3.63, 3.8) is 0 Å². The number of aromatic nitrogens is 2. The van der Waals surface area contributed by atoms with E-state index in [0.717, 1.165) is 22.6 Å². The topological polar surface area (TPSA) is 90.3 Å². The number of hydrogen-bond acceptors (Lipinski definition) is 5. The van der Waals surface area contributed by atoms with E-state index in [2.05, 4.69) is 16.5 Å². The van der Waals surface area contributed by atoms with Gasteiger partial charge in [0.25, 0.3) is 0 Å². The number of sulfone groups is 1. The average molecular weight is 434 g/mol. The molecule has 8 heteroatoms. The van der Waals surface area contributed by atoms with Crippen LogP contribution in [0.15, 0.2) is 24.3 Å². The maximum absolute atomic E-state index is 12.5. The third-order valence-corrected chi connectivity index (χ3v) is 6.87. The van der Waals surface area contributed by atoms with Crippen LogP contribution in [0.2, 0.25) is 0 Å². The number of carbonyl (C=O) groups is 1. The summed E-state index contributed by atoms with van der Waals surface area (Å²) in [6.45, 7) is 10.4. The second-order valence-electron chi connectivity index (χ2n) is 9.14. The van der Waals surface area contributed by atoms with Crippen LogP contribution in [0.25, 0.3) is 0 Å². The molecule has 1 N–H and O–H groups in total. The van der Waals surface area contributed by atoms with E-state index in [1.54, 1.807) is 4.68 Å². The van der Waals surface area contributed by atoms with Crippen LogP contribution in [0.5, 0.6) is 5.75 Å². The van der Waals surface area contributed by atoms with E-state index in [0.29, 0.717) is 12.2 Å². The van der Waals surface area contributed by atoms with E-state index in [1.807, 2.05) is 52.8 Å². The fraction of sp³-hybridized carbons (Fsp3) is 0.545. The highest BCUT2D eigenvalue weighted by Crippen LogP contribution is 2.31. The minimum Gasteiger partial charge on any atom is -0.493 e. The van der Waals surface area contributed by atoms with Gasteiger partial charge in [0.2, 0.25) is 5.91 Å². The normalized spacial score (nSPS) is 18.4. The van der Waals surface area contributed by atoms with E-state index in [1.165, 1.54) is 0 Å². The molecule has 1 amide bonds. The third-order valence-electron chi connectivity index (χ3n) is 5.12. The van der Waals surface area contributed by atoms with Gasteiger partial charge >= 0.3 is 0 Å². The number of nitrogens with one attached hydrogen (secondary N) is 1. The molecule has 1 aromatic heterocycles. The van der Waals surface area contributed by atoms with Crippen LogP contribution in [-0.4, -0.2) is 42.2 Å². The summed E-state index contributed by atoms with van der Waals surface area (Å²) in [7, 11) is -3.06. The first kappa shape index (κ1) is 22.3. The minimum atomic E-state index is -3.06. The quantitative estimate of drug-likeness (QED) is 0.752. The number of amides is 1. The van der Waals surface area contributed by atoms with Crippen LogP contribution < -0.4 is 10.1 Å². The Morgan fingerprint density at radius 1 is 1.20 bits per heavy atom. The van der Waals surface area contributed by atoms with Crippen LogP contribution in [0.1, 0.15) is 56.5 Å². The Morgan fingerprint density at radius 2 is 1.87 bits per heavy atom. The summed E-state index contributed by atoms with van der Waals surface area (Å²) < 4.78 is 31.3. The molecule has 164 valence electrons. The molecule has 0 saturated carbocycles. The molecule has 1 saturated heterocycles. The lowest BCUT2D eigenvalue weighted by molar-refractivity contribution is -0.116. The molecule has 1 aliphatic heterocycles. The Bertz CT molecular complexity index is 1010. The summed E-state index contributed by atoms with van der Waals surface area (Å²) in [4.78, 5) is 12.5. The smallest absolute Gasteiger partial charge is 0.228 e. The molecule has 0 spiro atoms. The summed E-state index contributed by atoms with van der Waals surface area (Å²) in [6, 6.07) is 7.53. The lowest BCUT2D eigenvalue weighted by atomic mass is 9.92. The number of aryl methyl sites for hydroxylation is 2. The van der Waals surface area contributed by atoms with Crippen molar-refractivity contribution in [3.05, 3.63) is 41.1 Å². The van der Waals surface area contributed by atoms with E-state index < -0.39 is 9.84 Å². The number of nitrogens with zero attached hydrogens (tertiary/aromatic N) is 2. The number of rotatable bonds is 6. The zero-order valence-corrected chi connectivity index (χ0v) is 19.2. The van der Waals surface area contributed by atoms with Gasteiger partial charge in [-0.15, -0.1) is 0 Å². The molecular weight excluding hydrogens is 402 g/mol. The second-order valence-corrected chi connectivity index (χ2v) is 11.4.